The number of thioether (sulfide) groups is 1. The zero-order valence-corrected chi connectivity index (χ0v) is 17.0. The number of carbonyl (C=O) groups excluding carboxylic acids is 2. The molecule has 1 N–H and O–H groups in total. The van der Waals surface area contributed by atoms with E-state index in [4.69, 9.17) is 0 Å². The largest absolute Gasteiger partial charge is 0.480 e. The topological polar surface area (TPSA) is 121 Å². The van der Waals surface area contributed by atoms with Crippen LogP contribution in [-0.4, -0.2) is 62.8 Å². The van der Waals surface area contributed by atoms with E-state index in [0.717, 1.165) is 17.0 Å². The number of piperidine rings is 1. The highest BCUT2D eigenvalue weighted by Crippen LogP contribution is 2.66. The second-order valence-corrected chi connectivity index (χ2v) is 9.44. The Morgan fingerprint density at radius 1 is 1.20 bits per heavy atom. The van der Waals surface area contributed by atoms with Crippen molar-refractivity contribution in [3.63, 3.8) is 0 Å². The van der Waals surface area contributed by atoms with Crippen LogP contribution < -0.4 is 4.90 Å². The van der Waals surface area contributed by atoms with Crippen LogP contribution in [0.5, 0.6) is 0 Å². The number of nitrogens with zero attached hydrogens (tertiary/aromatic N) is 3. The average Bonchev–Trinajstić information content (AvgIpc) is 3.06. The third-order valence-electron chi connectivity index (χ3n) is 7.23. The monoisotopic (exact) mass is 431 g/mol. The van der Waals surface area contributed by atoms with Gasteiger partial charge in [-0.3, -0.25) is 24.6 Å². The molecule has 7 atom stereocenters. The fourth-order valence-electron chi connectivity index (χ4n) is 6.13. The van der Waals surface area contributed by atoms with Crippen LogP contribution in [0.2, 0.25) is 0 Å². The number of fused-ring (bicyclic) bond motifs is 8. The van der Waals surface area contributed by atoms with E-state index >= 15 is 0 Å². The normalized spacial score (nSPS) is 34.2. The fraction of sp³-hybridized carbons (Fsp3) is 0.550. The van der Waals surface area contributed by atoms with Crippen molar-refractivity contribution in [2.45, 2.75) is 31.0 Å². The Kier molecular flexibility index (Phi) is 4.32. The van der Waals surface area contributed by atoms with Gasteiger partial charge in [0.2, 0.25) is 11.8 Å². The van der Waals surface area contributed by atoms with Crippen LogP contribution in [0.3, 0.4) is 0 Å². The van der Waals surface area contributed by atoms with Crippen LogP contribution in [0.15, 0.2) is 24.3 Å². The number of likely N-dealkylation sites (tertiary alicyclic amines) is 1. The van der Waals surface area contributed by atoms with Crippen molar-refractivity contribution in [2.24, 2.45) is 23.7 Å². The first-order valence-corrected chi connectivity index (χ1v) is 11.4. The Balaban J connectivity index is 1.37. The number of hydrogen-bond donors (Lipinski definition) is 1. The summed E-state index contributed by atoms with van der Waals surface area (Å²) in [6.07, 6.45) is 2.92. The van der Waals surface area contributed by atoms with Crippen molar-refractivity contribution >= 4 is 40.9 Å². The molecular formula is C20H21N3O6S. The predicted molar refractivity (Wildman–Crippen MR) is 108 cm³/mol. The summed E-state index contributed by atoms with van der Waals surface area (Å²) in [5.74, 6) is -2.06. The Morgan fingerprint density at radius 2 is 1.77 bits per heavy atom. The number of carboxylic acid groups (broad SMARTS) is 1. The average molecular weight is 431 g/mol. The van der Waals surface area contributed by atoms with Gasteiger partial charge in [0, 0.05) is 17.8 Å². The molecule has 4 aliphatic rings. The summed E-state index contributed by atoms with van der Waals surface area (Å²) in [6.45, 7) is 0. The van der Waals surface area contributed by atoms with Crippen molar-refractivity contribution in [1.82, 2.24) is 4.90 Å². The summed E-state index contributed by atoms with van der Waals surface area (Å²) >= 11 is 1.49. The minimum atomic E-state index is -1.13. The lowest BCUT2D eigenvalue weighted by atomic mass is 9.81. The second-order valence-electron chi connectivity index (χ2n) is 8.46. The molecule has 0 spiro atoms. The zero-order chi connectivity index (χ0) is 21.3. The molecule has 1 aromatic rings. The molecule has 9 nitrogen and oxygen atoms in total. The Hall–Kier alpha value is -2.62. The summed E-state index contributed by atoms with van der Waals surface area (Å²) in [4.78, 5) is 51.7. The number of nitro groups is 1. The van der Waals surface area contributed by atoms with E-state index in [1.54, 1.807) is 12.1 Å². The molecule has 1 aromatic carbocycles. The van der Waals surface area contributed by atoms with Gasteiger partial charge in [-0.05, 0) is 48.8 Å². The van der Waals surface area contributed by atoms with E-state index in [9.17, 15) is 29.6 Å². The highest BCUT2D eigenvalue weighted by Gasteiger charge is 2.76. The van der Waals surface area contributed by atoms with Gasteiger partial charge in [0.25, 0.3) is 5.69 Å². The number of nitro benzene ring substituents is 1. The van der Waals surface area contributed by atoms with Crippen LogP contribution in [-0.2, 0) is 14.4 Å². The molecule has 7 unspecified atom stereocenters. The maximum absolute atomic E-state index is 13.2. The van der Waals surface area contributed by atoms with Gasteiger partial charge in [0.1, 0.15) is 6.04 Å². The molecule has 4 fully saturated rings. The highest BCUT2D eigenvalue weighted by molar-refractivity contribution is 7.98. The smallest absolute Gasteiger partial charge is 0.326 e. The highest BCUT2D eigenvalue weighted by atomic mass is 32.2. The number of imide groups is 1. The quantitative estimate of drug-likeness (QED) is 0.299. The minimum absolute atomic E-state index is 0.0246. The minimum Gasteiger partial charge on any atom is -0.480 e. The van der Waals surface area contributed by atoms with Gasteiger partial charge in [0.15, 0.2) is 0 Å². The molecule has 0 aromatic heterocycles. The van der Waals surface area contributed by atoms with Crippen LogP contribution in [0, 0.1) is 33.8 Å². The molecule has 2 heterocycles. The maximum Gasteiger partial charge on any atom is 0.326 e. The number of rotatable bonds is 7. The van der Waals surface area contributed by atoms with E-state index in [2.05, 4.69) is 4.90 Å². The molecule has 158 valence electrons. The van der Waals surface area contributed by atoms with Crippen molar-refractivity contribution in [3.8, 4) is 0 Å². The van der Waals surface area contributed by atoms with Crippen molar-refractivity contribution in [1.29, 1.82) is 0 Å². The molecular weight excluding hydrogens is 410 g/mol. The van der Waals surface area contributed by atoms with Crippen molar-refractivity contribution in [2.75, 3.05) is 16.9 Å². The van der Waals surface area contributed by atoms with Gasteiger partial charge in [-0.15, -0.1) is 0 Å². The first kappa shape index (κ1) is 19.3. The molecule has 2 saturated carbocycles. The first-order valence-electron chi connectivity index (χ1n) is 9.98. The molecule has 10 heteroatoms. The van der Waals surface area contributed by atoms with Crippen LogP contribution in [0.25, 0.3) is 0 Å². The molecule has 5 rings (SSSR count). The molecule has 2 aliphatic heterocycles. The van der Waals surface area contributed by atoms with Gasteiger partial charge < -0.3 is 10.0 Å². The molecule has 0 radical (unpaired) electrons. The molecule has 30 heavy (non-hydrogen) atoms. The van der Waals surface area contributed by atoms with Crippen molar-refractivity contribution < 1.29 is 24.4 Å². The number of carbonyl (C=O) groups is 3. The summed E-state index contributed by atoms with van der Waals surface area (Å²) in [5.41, 5.74) is 0.891. The van der Waals surface area contributed by atoms with Crippen LogP contribution >= 0.6 is 11.8 Å². The molecule has 2 amide bonds. The van der Waals surface area contributed by atoms with E-state index in [-0.39, 0.29) is 47.8 Å². The maximum atomic E-state index is 13.2. The summed E-state index contributed by atoms with van der Waals surface area (Å²) in [5, 5.41) is 20.5. The summed E-state index contributed by atoms with van der Waals surface area (Å²) in [6, 6.07) is 5.55. The van der Waals surface area contributed by atoms with E-state index < -0.39 is 28.8 Å². The van der Waals surface area contributed by atoms with Gasteiger partial charge in [0.05, 0.1) is 28.8 Å². The zero-order valence-electron chi connectivity index (χ0n) is 16.2. The Morgan fingerprint density at radius 3 is 2.23 bits per heavy atom. The van der Waals surface area contributed by atoms with Gasteiger partial charge in [-0.25, -0.2) is 4.79 Å². The number of carboxylic acids is 1. The van der Waals surface area contributed by atoms with Gasteiger partial charge in [-0.1, -0.05) is 0 Å². The standard InChI is InChI=1S/C20H21N3O6S/c1-30-7-6-13(20(26)27)22-18(24)14-11-8-12(15(14)19(22)25)17-16(11)21(17)9-2-4-10(5-3-9)23(28)29/h2-5,11-17H,6-8H2,1H3,(H,26,27). The predicted octanol–water partition coefficient (Wildman–Crippen LogP) is 1.61. The van der Waals surface area contributed by atoms with Crippen LogP contribution in [0.1, 0.15) is 12.8 Å². The van der Waals surface area contributed by atoms with Gasteiger partial charge >= 0.3 is 5.97 Å². The third-order valence-corrected chi connectivity index (χ3v) is 7.87. The lowest BCUT2D eigenvalue weighted by Crippen LogP contribution is -2.47. The SMILES string of the molecule is CSCCC(C(=O)O)N1C(=O)C2C3CC(C2C1=O)C1C3N1c1ccc([N+](=O)[O-])cc1. The number of anilines is 1. The summed E-state index contributed by atoms with van der Waals surface area (Å²) in [7, 11) is 0. The number of aliphatic carboxylic acids is 1. The van der Waals surface area contributed by atoms with E-state index in [1.165, 1.54) is 23.9 Å². The fourth-order valence-corrected chi connectivity index (χ4v) is 6.58. The Labute approximate surface area is 176 Å². The first-order chi connectivity index (χ1) is 14.4. The molecule has 2 saturated heterocycles. The van der Waals surface area contributed by atoms with Crippen molar-refractivity contribution in [3.05, 3.63) is 34.4 Å². The lowest BCUT2D eigenvalue weighted by molar-refractivity contribution is -0.384. The third kappa shape index (κ3) is 2.52. The Bertz CT molecular complexity index is 918. The van der Waals surface area contributed by atoms with E-state index in [1.807, 2.05) is 6.26 Å². The second kappa shape index (κ2) is 6.69. The number of hydrogen-bond acceptors (Lipinski definition) is 7. The van der Waals surface area contributed by atoms with E-state index in [0.29, 0.717) is 5.75 Å². The number of non-ortho nitro benzene ring substituents is 1. The number of amides is 2. The molecule has 2 aliphatic carbocycles. The van der Waals surface area contributed by atoms with Crippen LogP contribution in [0.4, 0.5) is 11.4 Å². The summed E-state index contributed by atoms with van der Waals surface area (Å²) < 4.78 is 0. The number of benzene rings is 1. The molecule has 2 bridgehead atoms. The lowest BCUT2D eigenvalue weighted by Gasteiger charge is -2.25. The van der Waals surface area contributed by atoms with Gasteiger partial charge in [-0.2, -0.15) is 11.8 Å².